The highest BCUT2D eigenvalue weighted by molar-refractivity contribution is 7.20. The summed E-state index contributed by atoms with van der Waals surface area (Å²) < 4.78 is 6.91. The number of para-hydroxylation sites is 3. The Morgan fingerprint density at radius 2 is 0.692 bits per heavy atom. The summed E-state index contributed by atoms with van der Waals surface area (Å²) in [6.45, 7) is 0. The minimum atomic E-state index is -3.12. The summed E-state index contributed by atoms with van der Waals surface area (Å²) in [6, 6.07) is 123. The third-order valence-corrected chi connectivity index (χ3v) is 28.2. The van der Waals surface area contributed by atoms with Gasteiger partial charge in [0.25, 0.3) is 0 Å². The Balaban J connectivity index is 1.04. The Morgan fingerprint density at radius 3 is 1.23 bits per heavy atom. The van der Waals surface area contributed by atoms with E-state index in [1.54, 1.807) is 0 Å². The third-order valence-electron chi connectivity index (χ3n) is 18.6. The standard InChI is InChI=1S/C82H55N7Si2/c83-56-57-47-51-75-72(53-57)68-43-22-24-45-73(68)88(75)81-84-80(58-27-26-42-66(54-58)90(60-30-10-2-11-31-60,61-32-12-3-13-33-61)62-34-14-4-15-35-62)85-82(86-81)89-77-55-67(91(63-36-16-5-17-37-63,64-38-18-6-19-39-64)65-40-20-7-21-41-65)48-49-69(77)70-50-52-76-78(79(70)89)71-44-23-25-46-74(71)87(76)59-28-8-1-9-29-59/h1-55H. The average molecular weight is 1190 g/mol. The molecular weight excluding hydrogens is 1140 g/mol. The molecule has 0 saturated carbocycles. The second-order valence-electron chi connectivity index (χ2n) is 23.3. The van der Waals surface area contributed by atoms with Gasteiger partial charge in [-0.25, -0.2) is 0 Å². The van der Waals surface area contributed by atoms with Gasteiger partial charge in [0.15, 0.2) is 22.0 Å². The molecular formula is C82H55N7Si2. The molecule has 4 aromatic heterocycles. The highest BCUT2D eigenvalue weighted by Crippen LogP contribution is 2.42. The molecule has 0 aliphatic heterocycles. The van der Waals surface area contributed by atoms with E-state index in [9.17, 15) is 5.26 Å². The van der Waals surface area contributed by atoms with Crippen LogP contribution in [0.25, 0.3) is 94.4 Å². The molecule has 0 atom stereocenters. The van der Waals surface area contributed by atoms with E-state index in [-0.39, 0.29) is 0 Å². The van der Waals surface area contributed by atoms with Crippen molar-refractivity contribution in [2.24, 2.45) is 0 Å². The van der Waals surface area contributed by atoms with E-state index in [1.165, 1.54) is 41.5 Å². The lowest BCUT2D eigenvalue weighted by Crippen LogP contribution is -2.74. The lowest BCUT2D eigenvalue weighted by molar-refractivity contribution is 0.894. The van der Waals surface area contributed by atoms with E-state index < -0.39 is 16.1 Å². The number of benzene rings is 13. The summed E-state index contributed by atoms with van der Waals surface area (Å²) in [5.41, 5.74) is 8.40. The smallest absolute Gasteiger partial charge is 0.240 e. The molecule has 0 amide bonds. The average Bonchev–Trinajstić information content (AvgIpc) is 1.74. The van der Waals surface area contributed by atoms with Gasteiger partial charge in [0.1, 0.15) is 0 Å². The maximum Gasteiger partial charge on any atom is 0.240 e. The van der Waals surface area contributed by atoms with Crippen molar-refractivity contribution in [3.63, 3.8) is 0 Å². The summed E-state index contributed by atoms with van der Waals surface area (Å²) in [4.78, 5) is 17.5. The normalized spacial score (nSPS) is 11.9. The van der Waals surface area contributed by atoms with Gasteiger partial charge in [0.05, 0.1) is 44.7 Å². The zero-order chi connectivity index (χ0) is 60.5. The van der Waals surface area contributed by atoms with E-state index in [1.807, 2.05) is 18.2 Å². The van der Waals surface area contributed by atoms with E-state index in [0.29, 0.717) is 23.3 Å². The fraction of sp³-hybridized carbons (Fsp3) is 0. The van der Waals surface area contributed by atoms with Gasteiger partial charge in [-0.05, 0) is 96.1 Å². The molecule has 4 heterocycles. The maximum atomic E-state index is 10.4. The van der Waals surface area contributed by atoms with Gasteiger partial charge >= 0.3 is 0 Å². The van der Waals surface area contributed by atoms with Crippen molar-refractivity contribution < 1.29 is 0 Å². The van der Waals surface area contributed by atoms with Crippen LogP contribution in [0.1, 0.15) is 5.56 Å². The first-order valence-corrected chi connectivity index (χ1v) is 34.8. The molecule has 7 nitrogen and oxygen atoms in total. The molecule has 0 unspecified atom stereocenters. The molecule has 0 radical (unpaired) electrons. The van der Waals surface area contributed by atoms with Crippen LogP contribution in [-0.4, -0.2) is 44.8 Å². The van der Waals surface area contributed by atoms with Crippen molar-refractivity contribution in [1.82, 2.24) is 28.7 Å². The fourth-order valence-corrected chi connectivity index (χ4v) is 24.4. The molecule has 13 aromatic carbocycles. The summed E-state index contributed by atoms with van der Waals surface area (Å²) in [5, 5.41) is 26.7. The molecule has 0 saturated heterocycles. The number of hydrogen-bond donors (Lipinski definition) is 0. The number of nitrogens with zero attached hydrogens (tertiary/aromatic N) is 7. The van der Waals surface area contributed by atoms with Gasteiger partial charge in [0, 0.05) is 43.6 Å². The summed E-state index contributed by atoms with van der Waals surface area (Å²) >= 11 is 0. The van der Waals surface area contributed by atoms with Crippen LogP contribution in [-0.2, 0) is 0 Å². The van der Waals surface area contributed by atoms with E-state index in [4.69, 9.17) is 15.0 Å². The van der Waals surface area contributed by atoms with Crippen molar-refractivity contribution >= 4 is 123 Å². The van der Waals surface area contributed by atoms with Crippen LogP contribution in [0.4, 0.5) is 0 Å². The molecule has 17 aromatic rings. The molecule has 0 spiro atoms. The zero-order valence-corrected chi connectivity index (χ0v) is 51.4. The number of hydrogen-bond acceptors (Lipinski definition) is 4. The van der Waals surface area contributed by atoms with E-state index >= 15 is 0 Å². The highest BCUT2D eigenvalue weighted by Gasteiger charge is 2.43. The summed E-state index contributed by atoms with van der Waals surface area (Å²) in [5.74, 6) is 1.44. The minimum Gasteiger partial charge on any atom is -0.309 e. The molecule has 0 fully saturated rings. The molecule has 0 bridgehead atoms. The van der Waals surface area contributed by atoms with Gasteiger partial charge in [-0.3, -0.25) is 9.13 Å². The van der Waals surface area contributed by atoms with Gasteiger partial charge in [-0.1, -0.05) is 279 Å². The van der Waals surface area contributed by atoms with Gasteiger partial charge in [-0.2, -0.15) is 20.2 Å². The first kappa shape index (κ1) is 53.4. The molecule has 17 rings (SSSR count). The molecule has 91 heavy (non-hydrogen) atoms. The van der Waals surface area contributed by atoms with Crippen LogP contribution in [0.3, 0.4) is 0 Å². The monoisotopic (exact) mass is 1190 g/mol. The fourth-order valence-electron chi connectivity index (χ4n) is 14.8. The molecule has 0 N–H and O–H groups in total. The van der Waals surface area contributed by atoms with Crippen molar-refractivity contribution in [3.8, 4) is 35.0 Å². The van der Waals surface area contributed by atoms with Crippen LogP contribution >= 0.6 is 0 Å². The predicted octanol–water partition coefficient (Wildman–Crippen LogP) is 13.5. The van der Waals surface area contributed by atoms with Crippen LogP contribution < -0.4 is 41.5 Å². The Bertz CT molecular complexity index is 5460. The van der Waals surface area contributed by atoms with Gasteiger partial charge in [0.2, 0.25) is 11.9 Å². The predicted molar refractivity (Wildman–Crippen MR) is 380 cm³/mol. The maximum absolute atomic E-state index is 10.4. The zero-order valence-electron chi connectivity index (χ0n) is 49.4. The van der Waals surface area contributed by atoms with Crippen molar-refractivity contribution in [2.45, 2.75) is 0 Å². The van der Waals surface area contributed by atoms with Crippen LogP contribution in [0, 0.1) is 11.3 Å². The quantitative estimate of drug-likeness (QED) is 0.0902. The first-order valence-electron chi connectivity index (χ1n) is 30.8. The van der Waals surface area contributed by atoms with E-state index in [0.717, 1.165) is 76.7 Å². The second kappa shape index (κ2) is 21.8. The lowest BCUT2D eigenvalue weighted by Gasteiger charge is -2.34. The molecule has 0 aliphatic rings. The summed E-state index contributed by atoms with van der Waals surface area (Å²) in [6.07, 6.45) is 0. The lowest BCUT2D eigenvalue weighted by atomic mass is 10.1. The second-order valence-corrected chi connectivity index (χ2v) is 31.0. The Morgan fingerprint density at radius 1 is 0.275 bits per heavy atom. The summed E-state index contributed by atoms with van der Waals surface area (Å²) in [7, 11) is -6.17. The number of fused-ring (bicyclic) bond motifs is 10. The van der Waals surface area contributed by atoms with Crippen molar-refractivity contribution in [1.29, 1.82) is 5.26 Å². The third kappa shape index (κ3) is 8.35. The van der Waals surface area contributed by atoms with Crippen LogP contribution in [0.5, 0.6) is 0 Å². The Kier molecular flexibility index (Phi) is 12.8. The number of rotatable bonds is 12. The molecule has 9 heteroatoms. The molecule has 0 aliphatic carbocycles. The SMILES string of the molecule is N#Cc1ccc2c(c1)c1ccccc1n2-c1nc(-c2cccc([Si](c3ccccc3)(c3ccccc3)c3ccccc3)c2)nc(-n2c3cc([Si](c4ccccc4)(c4ccccc4)c4ccccc4)ccc3c3ccc4c(c5ccccc5n4-c4ccccc4)c32)n1. The minimum absolute atomic E-state index is 0.450. The number of nitriles is 1. The van der Waals surface area contributed by atoms with Crippen molar-refractivity contribution in [2.75, 3.05) is 0 Å². The largest absolute Gasteiger partial charge is 0.309 e. The first-order chi connectivity index (χ1) is 45.1. The van der Waals surface area contributed by atoms with Crippen LogP contribution in [0.2, 0.25) is 0 Å². The topological polar surface area (TPSA) is 77.2 Å². The van der Waals surface area contributed by atoms with Gasteiger partial charge in [-0.15, -0.1) is 0 Å². The Hall–Kier alpha value is -11.8. The van der Waals surface area contributed by atoms with Crippen molar-refractivity contribution in [3.05, 3.63) is 339 Å². The van der Waals surface area contributed by atoms with Crippen LogP contribution in [0.15, 0.2) is 334 Å². The Labute approximate surface area is 528 Å². The van der Waals surface area contributed by atoms with Gasteiger partial charge < -0.3 is 4.57 Å². The number of aromatic nitrogens is 6. The highest BCUT2D eigenvalue weighted by atomic mass is 28.3. The molecule has 426 valence electrons. The van der Waals surface area contributed by atoms with E-state index in [2.05, 4.69) is 335 Å².